The van der Waals surface area contributed by atoms with E-state index in [-0.39, 0.29) is 5.97 Å². The molecule has 0 fully saturated rings. The topological polar surface area (TPSA) is 26.3 Å². The van der Waals surface area contributed by atoms with Crippen LogP contribution >= 0.6 is 11.8 Å². The summed E-state index contributed by atoms with van der Waals surface area (Å²) in [7, 11) is 0. The molecule has 0 saturated carbocycles. The zero-order valence-corrected chi connectivity index (χ0v) is 10.9. The number of carbonyl (C=O) groups excluding carboxylic acids is 1. The maximum atomic E-state index is 11.3. The first-order chi connectivity index (χ1) is 7.63. The molecule has 0 spiro atoms. The van der Waals surface area contributed by atoms with Crippen molar-refractivity contribution in [3.05, 3.63) is 29.3 Å². The quantitative estimate of drug-likeness (QED) is 0.581. The van der Waals surface area contributed by atoms with Gasteiger partial charge in [0, 0.05) is 4.90 Å². The van der Waals surface area contributed by atoms with Crippen molar-refractivity contribution in [2.24, 2.45) is 0 Å². The van der Waals surface area contributed by atoms with Gasteiger partial charge in [0.1, 0.15) is 0 Å². The largest absolute Gasteiger partial charge is 0.465 e. The Bertz CT molecular complexity index is 361. The number of benzene rings is 1. The summed E-state index contributed by atoms with van der Waals surface area (Å²) in [5.74, 6) is 0.261. The molecule has 0 bridgehead atoms. The van der Waals surface area contributed by atoms with Crippen molar-refractivity contribution in [2.75, 3.05) is 12.4 Å². The Morgan fingerprint density at radius 2 is 2.12 bits per heavy atom. The Morgan fingerprint density at radius 3 is 2.81 bits per heavy atom. The highest BCUT2D eigenvalue weighted by atomic mass is 32.2. The molecular formula is C13H18O2S. The molecule has 0 amide bonds. The fraction of sp³-hybridized carbons (Fsp3) is 0.462. The first kappa shape index (κ1) is 13.1. The highest BCUT2D eigenvalue weighted by molar-refractivity contribution is 8.00. The van der Waals surface area contributed by atoms with Gasteiger partial charge in [-0.1, -0.05) is 24.6 Å². The van der Waals surface area contributed by atoms with E-state index in [0.717, 1.165) is 11.3 Å². The maximum absolute atomic E-state index is 11.3. The second-order valence-electron chi connectivity index (χ2n) is 3.78. The number of carbonyl (C=O) groups is 1. The van der Waals surface area contributed by atoms with Crippen LogP contribution in [0.1, 0.15) is 24.5 Å². The van der Waals surface area contributed by atoms with Crippen molar-refractivity contribution < 1.29 is 9.53 Å². The average molecular weight is 238 g/mol. The molecule has 0 unspecified atom stereocenters. The molecule has 16 heavy (non-hydrogen) atoms. The van der Waals surface area contributed by atoms with E-state index in [4.69, 9.17) is 4.74 Å². The van der Waals surface area contributed by atoms with E-state index < -0.39 is 0 Å². The summed E-state index contributed by atoms with van der Waals surface area (Å²) in [6, 6.07) is 6.26. The molecule has 3 heteroatoms. The SMILES string of the molecule is CCCOC(=O)CSc1cc(C)ccc1C. The van der Waals surface area contributed by atoms with Crippen LogP contribution in [0.2, 0.25) is 0 Å². The molecule has 0 saturated heterocycles. The molecule has 0 heterocycles. The molecule has 0 N–H and O–H groups in total. The molecule has 0 aromatic heterocycles. The second kappa shape index (κ2) is 6.59. The van der Waals surface area contributed by atoms with E-state index >= 15 is 0 Å². The summed E-state index contributed by atoms with van der Waals surface area (Å²) in [5.41, 5.74) is 2.42. The lowest BCUT2D eigenvalue weighted by Gasteiger charge is -2.06. The minimum atomic E-state index is -0.132. The van der Waals surface area contributed by atoms with Crippen LogP contribution in [0.25, 0.3) is 0 Å². The normalized spacial score (nSPS) is 10.2. The van der Waals surface area contributed by atoms with Crippen LogP contribution < -0.4 is 0 Å². The number of hydrogen-bond acceptors (Lipinski definition) is 3. The number of ether oxygens (including phenoxy) is 1. The fourth-order valence-electron chi connectivity index (χ4n) is 1.26. The van der Waals surface area contributed by atoms with E-state index in [2.05, 4.69) is 32.0 Å². The molecule has 1 rings (SSSR count). The zero-order chi connectivity index (χ0) is 12.0. The number of rotatable bonds is 5. The second-order valence-corrected chi connectivity index (χ2v) is 4.80. The number of esters is 1. The summed E-state index contributed by atoms with van der Waals surface area (Å²) in [4.78, 5) is 12.5. The minimum absolute atomic E-state index is 0.132. The molecule has 88 valence electrons. The first-order valence-electron chi connectivity index (χ1n) is 5.49. The Labute approximate surface area is 101 Å². The van der Waals surface area contributed by atoms with Gasteiger partial charge in [0.15, 0.2) is 0 Å². The van der Waals surface area contributed by atoms with Gasteiger partial charge in [-0.25, -0.2) is 0 Å². The van der Waals surface area contributed by atoms with Gasteiger partial charge in [0.25, 0.3) is 0 Å². The van der Waals surface area contributed by atoms with Gasteiger partial charge in [0.05, 0.1) is 12.4 Å². The van der Waals surface area contributed by atoms with Gasteiger partial charge in [-0.05, 0) is 31.9 Å². The lowest BCUT2D eigenvalue weighted by atomic mass is 10.2. The monoisotopic (exact) mass is 238 g/mol. The summed E-state index contributed by atoms with van der Waals surface area (Å²) < 4.78 is 5.02. The van der Waals surface area contributed by atoms with Crippen molar-refractivity contribution >= 4 is 17.7 Å². The van der Waals surface area contributed by atoms with Crippen LogP contribution in [0, 0.1) is 13.8 Å². The predicted octanol–water partition coefficient (Wildman–Crippen LogP) is 3.35. The van der Waals surface area contributed by atoms with E-state index in [0.29, 0.717) is 12.4 Å². The van der Waals surface area contributed by atoms with Crippen LogP contribution in [0.5, 0.6) is 0 Å². The van der Waals surface area contributed by atoms with Crippen LogP contribution in [-0.4, -0.2) is 18.3 Å². The average Bonchev–Trinajstić information content (AvgIpc) is 2.27. The van der Waals surface area contributed by atoms with Crippen molar-refractivity contribution in [1.82, 2.24) is 0 Å². The van der Waals surface area contributed by atoms with Gasteiger partial charge in [-0.2, -0.15) is 0 Å². The fourth-order valence-corrected chi connectivity index (χ4v) is 2.18. The first-order valence-corrected chi connectivity index (χ1v) is 6.47. The Kier molecular flexibility index (Phi) is 5.39. The van der Waals surface area contributed by atoms with E-state index in [9.17, 15) is 4.79 Å². The lowest BCUT2D eigenvalue weighted by molar-refractivity contribution is -0.140. The molecule has 2 nitrogen and oxygen atoms in total. The molecule has 0 aliphatic heterocycles. The third-order valence-electron chi connectivity index (χ3n) is 2.16. The minimum Gasteiger partial charge on any atom is -0.465 e. The Hall–Kier alpha value is -0.960. The molecule has 0 aliphatic carbocycles. The van der Waals surface area contributed by atoms with Crippen LogP contribution in [0.4, 0.5) is 0 Å². The van der Waals surface area contributed by atoms with Crippen LogP contribution in [-0.2, 0) is 9.53 Å². The summed E-state index contributed by atoms with van der Waals surface area (Å²) in [5, 5.41) is 0. The Morgan fingerprint density at radius 1 is 1.38 bits per heavy atom. The van der Waals surface area contributed by atoms with Crippen molar-refractivity contribution in [2.45, 2.75) is 32.1 Å². The van der Waals surface area contributed by atoms with Gasteiger partial charge in [0.2, 0.25) is 0 Å². The van der Waals surface area contributed by atoms with E-state index in [1.807, 2.05) is 6.92 Å². The standard InChI is InChI=1S/C13H18O2S/c1-4-7-15-13(14)9-16-12-8-10(2)5-6-11(12)3/h5-6,8H,4,7,9H2,1-3H3. The highest BCUT2D eigenvalue weighted by Gasteiger charge is 2.05. The third-order valence-corrected chi connectivity index (χ3v) is 3.29. The summed E-state index contributed by atoms with van der Waals surface area (Å²) >= 11 is 1.55. The molecule has 0 radical (unpaired) electrons. The predicted molar refractivity (Wildman–Crippen MR) is 67.9 cm³/mol. The number of hydrogen-bond donors (Lipinski definition) is 0. The molecule has 1 aromatic carbocycles. The summed E-state index contributed by atoms with van der Waals surface area (Å²) in [6.45, 7) is 6.62. The zero-order valence-electron chi connectivity index (χ0n) is 10.1. The molecule has 0 atom stereocenters. The molecule has 0 aliphatic rings. The van der Waals surface area contributed by atoms with Crippen LogP contribution in [0.15, 0.2) is 23.1 Å². The van der Waals surface area contributed by atoms with Crippen molar-refractivity contribution in [1.29, 1.82) is 0 Å². The highest BCUT2D eigenvalue weighted by Crippen LogP contribution is 2.23. The maximum Gasteiger partial charge on any atom is 0.316 e. The Balaban J connectivity index is 2.47. The smallest absolute Gasteiger partial charge is 0.316 e. The van der Waals surface area contributed by atoms with Gasteiger partial charge >= 0.3 is 5.97 Å². The van der Waals surface area contributed by atoms with Crippen molar-refractivity contribution in [3.63, 3.8) is 0 Å². The van der Waals surface area contributed by atoms with Crippen molar-refractivity contribution in [3.8, 4) is 0 Å². The lowest BCUT2D eigenvalue weighted by Crippen LogP contribution is -2.07. The summed E-state index contributed by atoms with van der Waals surface area (Å²) in [6.07, 6.45) is 0.875. The van der Waals surface area contributed by atoms with E-state index in [1.165, 1.54) is 11.1 Å². The van der Waals surface area contributed by atoms with Gasteiger partial charge in [-0.3, -0.25) is 4.79 Å². The third kappa shape index (κ3) is 4.27. The van der Waals surface area contributed by atoms with Crippen LogP contribution in [0.3, 0.4) is 0 Å². The number of thioether (sulfide) groups is 1. The van der Waals surface area contributed by atoms with Gasteiger partial charge < -0.3 is 4.74 Å². The van der Waals surface area contributed by atoms with Gasteiger partial charge in [-0.15, -0.1) is 11.8 Å². The number of aryl methyl sites for hydroxylation is 2. The van der Waals surface area contributed by atoms with E-state index in [1.54, 1.807) is 11.8 Å². The molecule has 1 aromatic rings. The molecular weight excluding hydrogens is 220 g/mol.